The molecule has 0 amide bonds. The molecule has 7 heteroatoms. The van der Waals surface area contributed by atoms with Crippen LogP contribution in [0.3, 0.4) is 0 Å². The fraction of sp³-hybridized carbons (Fsp3) is 0.571. The van der Waals surface area contributed by atoms with Gasteiger partial charge >= 0.3 is 0 Å². The average Bonchev–Trinajstić information content (AvgIpc) is 2.52. The number of hydrogen-bond acceptors (Lipinski definition) is 4. The maximum absolute atomic E-state index is 11.8. The predicted molar refractivity (Wildman–Crippen MR) is 60.5 cm³/mol. The van der Waals surface area contributed by atoms with Gasteiger partial charge in [-0.2, -0.15) is 4.31 Å². The van der Waals surface area contributed by atoms with Gasteiger partial charge in [0, 0.05) is 18.9 Å². The molecule has 0 N–H and O–H groups in total. The minimum absolute atomic E-state index is 0.304. The van der Waals surface area contributed by atoms with Crippen LogP contribution in [-0.2, 0) is 10.0 Å². The van der Waals surface area contributed by atoms with Crippen molar-refractivity contribution in [2.75, 3.05) is 18.9 Å². The number of halogens is 1. The number of aryl methyl sites for hydroxylation is 1. The lowest BCUT2D eigenvalue weighted by molar-refractivity contribution is 0.491. The highest BCUT2D eigenvalue weighted by molar-refractivity contribution is 9.09. The van der Waals surface area contributed by atoms with Crippen molar-refractivity contribution < 1.29 is 8.42 Å². The van der Waals surface area contributed by atoms with E-state index in [0.717, 1.165) is 5.01 Å². The zero-order valence-electron chi connectivity index (χ0n) is 7.90. The van der Waals surface area contributed by atoms with Crippen molar-refractivity contribution in [3.8, 4) is 0 Å². The van der Waals surface area contributed by atoms with E-state index in [1.54, 1.807) is 14.0 Å². The third kappa shape index (κ3) is 2.53. The van der Waals surface area contributed by atoms with Gasteiger partial charge in [-0.1, -0.05) is 15.9 Å². The van der Waals surface area contributed by atoms with Crippen LogP contribution in [0.15, 0.2) is 10.4 Å². The number of hydrogen-bond donors (Lipinski definition) is 0. The van der Waals surface area contributed by atoms with Gasteiger partial charge in [0.2, 0.25) is 0 Å². The Morgan fingerprint density at radius 1 is 1.64 bits per heavy atom. The number of alkyl halides is 1. The zero-order chi connectivity index (χ0) is 10.8. The van der Waals surface area contributed by atoms with Crippen molar-refractivity contribution in [3.05, 3.63) is 11.2 Å². The third-order valence-electron chi connectivity index (χ3n) is 1.66. The van der Waals surface area contributed by atoms with Crippen LogP contribution in [0.1, 0.15) is 5.01 Å². The minimum Gasteiger partial charge on any atom is -0.249 e. The van der Waals surface area contributed by atoms with Crippen LogP contribution in [0.4, 0.5) is 0 Å². The van der Waals surface area contributed by atoms with Crippen LogP contribution in [0.25, 0.3) is 0 Å². The Hall–Kier alpha value is 0.0200. The molecule has 1 aromatic rings. The first-order valence-electron chi connectivity index (χ1n) is 3.93. The Labute approximate surface area is 96.1 Å². The summed E-state index contributed by atoms with van der Waals surface area (Å²) in [5.74, 6) is 0. The van der Waals surface area contributed by atoms with Crippen LogP contribution >= 0.6 is 27.3 Å². The van der Waals surface area contributed by atoms with Gasteiger partial charge in [0.15, 0.2) is 4.21 Å². The third-order valence-corrected chi connectivity index (χ3v) is 5.23. The lowest BCUT2D eigenvalue weighted by Gasteiger charge is -2.13. The predicted octanol–water partition coefficient (Wildman–Crippen LogP) is 1.47. The van der Waals surface area contributed by atoms with E-state index in [1.165, 1.54) is 21.8 Å². The summed E-state index contributed by atoms with van der Waals surface area (Å²) in [4.78, 5) is 3.93. The molecule has 0 aliphatic carbocycles. The van der Waals surface area contributed by atoms with Crippen molar-refractivity contribution >= 4 is 37.3 Å². The maximum Gasteiger partial charge on any atom is 0.253 e. The fourth-order valence-electron chi connectivity index (χ4n) is 0.854. The second-order valence-corrected chi connectivity index (χ2v) is 7.01. The highest BCUT2D eigenvalue weighted by Gasteiger charge is 2.22. The number of nitrogens with zero attached hydrogens (tertiary/aromatic N) is 2. The van der Waals surface area contributed by atoms with Gasteiger partial charge in [0.25, 0.3) is 10.0 Å². The first-order chi connectivity index (χ1) is 6.48. The molecule has 1 rings (SSSR count). The number of aromatic nitrogens is 1. The summed E-state index contributed by atoms with van der Waals surface area (Å²) in [6.07, 6.45) is 1.40. The van der Waals surface area contributed by atoms with Gasteiger partial charge < -0.3 is 0 Å². The van der Waals surface area contributed by atoms with Gasteiger partial charge in [0.1, 0.15) is 0 Å². The van der Waals surface area contributed by atoms with Crippen LogP contribution in [0, 0.1) is 6.92 Å². The Bertz CT molecular complexity index is 402. The summed E-state index contributed by atoms with van der Waals surface area (Å²) in [7, 11) is -1.76. The highest BCUT2D eigenvalue weighted by atomic mass is 79.9. The lowest BCUT2D eigenvalue weighted by Crippen LogP contribution is -2.28. The first-order valence-corrected chi connectivity index (χ1v) is 7.31. The molecule has 0 fully saturated rings. The van der Waals surface area contributed by atoms with E-state index < -0.39 is 10.0 Å². The SMILES string of the molecule is Cc1ncc(S(=O)(=O)N(C)CCBr)s1. The van der Waals surface area contributed by atoms with Gasteiger partial charge in [0.05, 0.1) is 11.2 Å². The molecule has 0 saturated heterocycles. The maximum atomic E-state index is 11.8. The van der Waals surface area contributed by atoms with Gasteiger partial charge in [-0.25, -0.2) is 13.4 Å². The smallest absolute Gasteiger partial charge is 0.249 e. The summed E-state index contributed by atoms with van der Waals surface area (Å²) in [5.41, 5.74) is 0. The molecular weight excluding hydrogens is 288 g/mol. The van der Waals surface area contributed by atoms with Crippen LogP contribution in [0.2, 0.25) is 0 Å². The molecule has 0 bridgehead atoms. The molecule has 0 aliphatic heterocycles. The second-order valence-electron chi connectivity index (χ2n) is 2.71. The summed E-state index contributed by atoms with van der Waals surface area (Å²) >= 11 is 4.39. The normalized spacial score (nSPS) is 12.3. The van der Waals surface area contributed by atoms with Crippen molar-refractivity contribution in [2.24, 2.45) is 0 Å². The van der Waals surface area contributed by atoms with E-state index in [0.29, 0.717) is 16.1 Å². The molecule has 1 aromatic heterocycles. The van der Waals surface area contributed by atoms with E-state index in [4.69, 9.17) is 0 Å². The largest absolute Gasteiger partial charge is 0.253 e. The number of rotatable bonds is 4. The molecule has 0 radical (unpaired) electrons. The van der Waals surface area contributed by atoms with Crippen LogP contribution in [-0.4, -0.2) is 36.6 Å². The molecule has 0 aromatic carbocycles. The van der Waals surface area contributed by atoms with Crippen molar-refractivity contribution in [2.45, 2.75) is 11.1 Å². The summed E-state index contributed by atoms with van der Waals surface area (Å²) in [6, 6.07) is 0. The van der Waals surface area contributed by atoms with Crippen molar-refractivity contribution in [1.82, 2.24) is 9.29 Å². The zero-order valence-corrected chi connectivity index (χ0v) is 11.1. The molecule has 4 nitrogen and oxygen atoms in total. The monoisotopic (exact) mass is 298 g/mol. The topological polar surface area (TPSA) is 50.3 Å². The molecule has 0 aliphatic rings. The molecule has 80 valence electrons. The van der Waals surface area contributed by atoms with E-state index in [9.17, 15) is 8.42 Å². The second kappa shape index (κ2) is 4.69. The van der Waals surface area contributed by atoms with E-state index in [2.05, 4.69) is 20.9 Å². The Morgan fingerprint density at radius 2 is 2.29 bits per heavy atom. The molecule has 0 atom stereocenters. The number of sulfonamides is 1. The fourth-order valence-corrected chi connectivity index (χ4v) is 4.11. The first kappa shape index (κ1) is 12.1. The summed E-state index contributed by atoms with van der Waals surface area (Å²) in [5, 5.41) is 1.39. The minimum atomic E-state index is -3.32. The Morgan fingerprint density at radius 3 is 2.71 bits per heavy atom. The molecule has 0 spiro atoms. The molecule has 0 saturated carbocycles. The van der Waals surface area contributed by atoms with Crippen molar-refractivity contribution in [1.29, 1.82) is 0 Å². The van der Waals surface area contributed by atoms with E-state index in [-0.39, 0.29) is 0 Å². The lowest BCUT2D eigenvalue weighted by atomic mass is 10.8. The van der Waals surface area contributed by atoms with E-state index in [1.807, 2.05) is 0 Å². The van der Waals surface area contributed by atoms with Gasteiger partial charge in [-0.15, -0.1) is 11.3 Å². The molecule has 1 heterocycles. The Balaban J connectivity index is 2.96. The summed E-state index contributed by atoms with van der Waals surface area (Å²) in [6.45, 7) is 2.24. The van der Waals surface area contributed by atoms with Gasteiger partial charge in [-0.3, -0.25) is 0 Å². The number of thiazole rings is 1. The van der Waals surface area contributed by atoms with Crippen LogP contribution in [0.5, 0.6) is 0 Å². The highest BCUT2D eigenvalue weighted by Crippen LogP contribution is 2.20. The molecular formula is C7H11BrN2O2S2. The van der Waals surface area contributed by atoms with Crippen LogP contribution < -0.4 is 0 Å². The molecule has 14 heavy (non-hydrogen) atoms. The standard InChI is InChI=1S/C7H11BrN2O2S2/c1-6-9-5-7(13-6)14(11,12)10(2)4-3-8/h5H,3-4H2,1-2H3. The van der Waals surface area contributed by atoms with E-state index >= 15 is 0 Å². The Kier molecular flexibility index (Phi) is 4.05. The molecule has 0 unspecified atom stereocenters. The quantitative estimate of drug-likeness (QED) is 0.791. The average molecular weight is 299 g/mol. The summed E-state index contributed by atoms with van der Waals surface area (Å²) < 4.78 is 25.2. The van der Waals surface area contributed by atoms with Gasteiger partial charge in [-0.05, 0) is 6.92 Å². The van der Waals surface area contributed by atoms with Crippen molar-refractivity contribution in [3.63, 3.8) is 0 Å².